The molecular formula is C16H15N5O2. The van der Waals surface area contributed by atoms with Gasteiger partial charge in [-0.05, 0) is 12.5 Å². The van der Waals surface area contributed by atoms with Crippen molar-refractivity contribution < 1.29 is 9.62 Å². The highest BCUT2D eigenvalue weighted by Crippen LogP contribution is 2.21. The van der Waals surface area contributed by atoms with Gasteiger partial charge in [-0.2, -0.15) is 0 Å². The van der Waals surface area contributed by atoms with E-state index in [2.05, 4.69) is 20.1 Å². The Morgan fingerprint density at radius 1 is 1.13 bits per heavy atom. The SMILES string of the molecule is Cc1ccc(-c2cnc(Cc3cnc(/C(N)=N/O)nc3)o2)cc1. The van der Waals surface area contributed by atoms with Crippen molar-refractivity contribution in [3.05, 3.63) is 65.7 Å². The topological polar surface area (TPSA) is 110 Å². The highest BCUT2D eigenvalue weighted by Gasteiger charge is 2.09. The molecule has 0 unspecified atom stereocenters. The molecule has 0 amide bonds. The zero-order chi connectivity index (χ0) is 16.2. The van der Waals surface area contributed by atoms with Crippen molar-refractivity contribution in [2.75, 3.05) is 0 Å². The normalized spacial score (nSPS) is 11.6. The van der Waals surface area contributed by atoms with Crippen LogP contribution in [0.4, 0.5) is 0 Å². The summed E-state index contributed by atoms with van der Waals surface area (Å²) in [5.41, 5.74) is 8.41. The Kier molecular flexibility index (Phi) is 4.01. The number of aromatic nitrogens is 3. The van der Waals surface area contributed by atoms with E-state index in [0.717, 1.165) is 11.1 Å². The molecule has 0 aliphatic heterocycles. The van der Waals surface area contributed by atoms with Gasteiger partial charge in [-0.1, -0.05) is 35.0 Å². The zero-order valence-electron chi connectivity index (χ0n) is 12.5. The van der Waals surface area contributed by atoms with Gasteiger partial charge >= 0.3 is 0 Å². The van der Waals surface area contributed by atoms with Gasteiger partial charge in [-0.15, -0.1) is 0 Å². The molecular weight excluding hydrogens is 294 g/mol. The molecule has 7 nitrogen and oxygen atoms in total. The van der Waals surface area contributed by atoms with Gasteiger partial charge in [0.15, 0.2) is 17.5 Å². The van der Waals surface area contributed by atoms with Crippen LogP contribution < -0.4 is 5.73 Å². The third kappa shape index (κ3) is 3.34. The van der Waals surface area contributed by atoms with Crippen LogP contribution in [0.2, 0.25) is 0 Å². The van der Waals surface area contributed by atoms with Crippen LogP contribution in [0.25, 0.3) is 11.3 Å². The molecule has 0 fully saturated rings. The molecule has 0 aliphatic rings. The van der Waals surface area contributed by atoms with Crippen molar-refractivity contribution in [2.24, 2.45) is 10.9 Å². The summed E-state index contributed by atoms with van der Waals surface area (Å²) >= 11 is 0. The van der Waals surface area contributed by atoms with Crippen molar-refractivity contribution in [2.45, 2.75) is 13.3 Å². The number of oxazole rings is 1. The largest absolute Gasteiger partial charge is 0.440 e. The maximum Gasteiger partial charge on any atom is 0.207 e. The molecule has 3 aromatic rings. The van der Waals surface area contributed by atoms with E-state index in [1.54, 1.807) is 18.6 Å². The van der Waals surface area contributed by atoms with Crippen LogP contribution in [0, 0.1) is 6.92 Å². The summed E-state index contributed by atoms with van der Waals surface area (Å²) in [4.78, 5) is 12.3. The molecule has 2 heterocycles. The Hall–Kier alpha value is -3.22. The summed E-state index contributed by atoms with van der Waals surface area (Å²) in [6.45, 7) is 2.04. The molecule has 0 spiro atoms. The van der Waals surface area contributed by atoms with Crippen molar-refractivity contribution in [1.29, 1.82) is 0 Å². The quantitative estimate of drug-likeness (QED) is 0.330. The molecule has 2 aromatic heterocycles. The molecule has 0 saturated heterocycles. The Bertz CT molecular complexity index is 822. The molecule has 23 heavy (non-hydrogen) atoms. The van der Waals surface area contributed by atoms with E-state index >= 15 is 0 Å². The number of rotatable bonds is 4. The minimum atomic E-state index is -0.130. The zero-order valence-corrected chi connectivity index (χ0v) is 12.5. The molecule has 3 N–H and O–H groups in total. The van der Waals surface area contributed by atoms with E-state index in [0.29, 0.717) is 18.1 Å². The summed E-state index contributed by atoms with van der Waals surface area (Å²) in [5.74, 6) is 1.33. The predicted molar refractivity (Wildman–Crippen MR) is 84.0 cm³/mol. The maximum atomic E-state index is 8.58. The van der Waals surface area contributed by atoms with E-state index in [1.807, 2.05) is 31.2 Å². The summed E-state index contributed by atoms with van der Waals surface area (Å²) in [7, 11) is 0. The van der Waals surface area contributed by atoms with E-state index in [4.69, 9.17) is 15.4 Å². The number of hydrogen-bond acceptors (Lipinski definition) is 6. The minimum Gasteiger partial charge on any atom is -0.440 e. The number of nitrogens with two attached hydrogens (primary N) is 1. The highest BCUT2D eigenvalue weighted by molar-refractivity contribution is 5.93. The first-order valence-electron chi connectivity index (χ1n) is 6.96. The van der Waals surface area contributed by atoms with Crippen molar-refractivity contribution >= 4 is 5.84 Å². The average Bonchev–Trinajstić information content (AvgIpc) is 3.04. The van der Waals surface area contributed by atoms with Crippen LogP contribution in [0.3, 0.4) is 0 Å². The number of nitrogens with zero attached hydrogens (tertiary/aromatic N) is 4. The lowest BCUT2D eigenvalue weighted by atomic mass is 10.1. The molecule has 116 valence electrons. The van der Waals surface area contributed by atoms with Gasteiger partial charge in [-0.3, -0.25) is 0 Å². The first-order chi connectivity index (χ1) is 11.2. The fourth-order valence-corrected chi connectivity index (χ4v) is 2.04. The van der Waals surface area contributed by atoms with Crippen LogP contribution in [-0.2, 0) is 6.42 Å². The smallest absolute Gasteiger partial charge is 0.207 e. The van der Waals surface area contributed by atoms with Crippen LogP contribution in [0.5, 0.6) is 0 Å². The average molecular weight is 309 g/mol. The minimum absolute atomic E-state index is 0.130. The second kappa shape index (κ2) is 6.27. The molecule has 0 saturated carbocycles. The van der Waals surface area contributed by atoms with Gasteiger partial charge in [-0.25, -0.2) is 15.0 Å². The van der Waals surface area contributed by atoms with E-state index in [-0.39, 0.29) is 11.7 Å². The molecule has 0 bridgehead atoms. The summed E-state index contributed by atoms with van der Waals surface area (Å²) in [6.07, 6.45) is 5.35. The standard InChI is InChI=1S/C16H15N5O2/c1-10-2-4-12(5-3-10)13-9-18-14(23-13)6-11-7-19-16(20-8-11)15(17)21-22/h2-5,7-9,22H,6H2,1H3,(H2,17,21). The summed E-state index contributed by atoms with van der Waals surface area (Å²) in [5, 5.41) is 11.4. The Balaban J connectivity index is 1.75. The Labute approximate surface area is 132 Å². The Morgan fingerprint density at radius 2 is 1.83 bits per heavy atom. The van der Waals surface area contributed by atoms with Crippen LogP contribution >= 0.6 is 0 Å². The first kappa shape index (κ1) is 14.7. The third-order valence-corrected chi connectivity index (χ3v) is 3.29. The lowest BCUT2D eigenvalue weighted by Gasteiger charge is -2.00. The highest BCUT2D eigenvalue weighted by atomic mass is 16.4. The second-order valence-electron chi connectivity index (χ2n) is 5.06. The van der Waals surface area contributed by atoms with Crippen LogP contribution in [0.1, 0.15) is 22.8 Å². The predicted octanol–water partition coefficient (Wildman–Crippen LogP) is 2.13. The van der Waals surface area contributed by atoms with E-state index < -0.39 is 0 Å². The summed E-state index contributed by atoms with van der Waals surface area (Å²) < 4.78 is 5.76. The number of amidine groups is 1. The lowest BCUT2D eigenvalue weighted by Crippen LogP contribution is -2.17. The third-order valence-electron chi connectivity index (χ3n) is 3.29. The lowest BCUT2D eigenvalue weighted by molar-refractivity contribution is 0.318. The van der Waals surface area contributed by atoms with Crippen molar-refractivity contribution in [1.82, 2.24) is 15.0 Å². The fourth-order valence-electron chi connectivity index (χ4n) is 2.04. The second-order valence-corrected chi connectivity index (χ2v) is 5.06. The fraction of sp³-hybridized carbons (Fsp3) is 0.125. The monoisotopic (exact) mass is 309 g/mol. The molecule has 0 aliphatic carbocycles. The van der Waals surface area contributed by atoms with Crippen molar-refractivity contribution in [3.8, 4) is 11.3 Å². The Morgan fingerprint density at radius 3 is 2.48 bits per heavy atom. The van der Waals surface area contributed by atoms with Crippen LogP contribution in [0.15, 0.2) is 52.4 Å². The van der Waals surface area contributed by atoms with Gasteiger partial charge in [0.2, 0.25) is 5.84 Å². The number of aryl methyl sites for hydroxylation is 1. The number of oxime groups is 1. The van der Waals surface area contributed by atoms with Gasteiger partial charge in [0.1, 0.15) is 0 Å². The van der Waals surface area contributed by atoms with Gasteiger partial charge in [0.05, 0.1) is 12.6 Å². The molecule has 7 heteroatoms. The number of hydrogen-bond donors (Lipinski definition) is 2. The van der Waals surface area contributed by atoms with E-state index in [9.17, 15) is 0 Å². The van der Waals surface area contributed by atoms with Gasteiger partial charge < -0.3 is 15.4 Å². The first-order valence-corrected chi connectivity index (χ1v) is 6.96. The van der Waals surface area contributed by atoms with Gasteiger partial charge in [0.25, 0.3) is 0 Å². The number of benzene rings is 1. The molecule has 0 radical (unpaired) electrons. The van der Waals surface area contributed by atoms with E-state index in [1.165, 1.54) is 5.56 Å². The molecule has 0 atom stereocenters. The molecule has 1 aromatic carbocycles. The van der Waals surface area contributed by atoms with Crippen LogP contribution in [-0.4, -0.2) is 26.0 Å². The van der Waals surface area contributed by atoms with Crippen molar-refractivity contribution in [3.63, 3.8) is 0 Å². The van der Waals surface area contributed by atoms with Gasteiger partial charge in [0, 0.05) is 18.0 Å². The maximum absolute atomic E-state index is 8.58. The summed E-state index contributed by atoms with van der Waals surface area (Å²) in [6, 6.07) is 8.04. The molecule has 3 rings (SSSR count).